The van der Waals surface area contributed by atoms with Gasteiger partial charge in [0.05, 0.1) is 0 Å². The summed E-state index contributed by atoms with van der Waals surface area (Å²) < 4.78 is 0. The first-order chi connectivity index (χ1) is 6.67. The van der Waals surface area contributed by atoms with Crippen LogP contribution in [0.5, 0.6) is 0 Å². The maximum absolute atomic E-state index is 3.28. The molecule has 0 saturated carbocycles. The monoisotopic (exact) mass is 218 g/mol. The van der Waals surface area contributed by atoms with Gasteiger partial charge in [-0.25, -0.2) is 0 Å². The van der Waals surface area contributed by atoms with Crippen LogP contribution in [0, 0.1) is 0 Å². The molecule has 3 heteroatoms. The van der Waals surface area contributed by atoms with Crippen LogP contribution in [-0.2, 0) is 0 Å². The minimum Gasteiger partial charge on any atom is -0.318 e. The van der Waals surface area contributed by atoms with Crippen LogP contribution in [0.4, 0.5) is 0 Å². The molecule has 0 aliphatic rings. The molecular formula is C11H26N2S. The maximum atomic E-state index is 3.28. The van der Waals surface area contributed by atoms with Gasteiger partial charge in [-0.2, -0.15) is 11.8 Å². The van der Waals surface area contributed by atoms with Crippen molar-refractivity contribution >= 4 is 11.8 Å². The van der Waals surface area contributed by atoms with Gasteiger partial charge in [-0.05, 0) is 33.7 Å². The Kier molecular flexibility index (Phi) is 8.73. The van der Waals surface area contributed by atoms with Crippen LogP contribution >= 0.6 is 11.8 Å². The van der Waals surface area contributed by atoms with Gasteiger partial charge in [-0.3, -0.25) is 4.90 Å². The summed E-state index contributed by atoms with van der Waals surface area (Å²) >= 11 is 1.93. The molecule has 0 aliphatic heterocycles. The minimum atomic E-state index is 0.676. The second-order valence-corrected chi connectivity index (χ2v) is 4.88. The van der Waals surface area contributed by atoms with Crippen molar-refractivity contribution in [1.82, 2.24) is 10.2 Å². The molecule has 0 amide bonds. The molecule has 0 spiro atoms. The van der Waals surface area contributed by atoms with E-state index < -0.39 is 0 Å². The van der Waals surface area contributed by atoms with E-state index in [1.807, 2.05) is 18.8 Å². The summed E-state index contributed by atoms with van der Waals surface area (Å²) in [5, 5.41) is 3.28. The first-order valence-electron chi connectivity index (χ1n) is 5.52. The highest BCUT2D eigenvalue weighted by Crippen LogP contribution is 2.11. The van der Waals surface area contributed by atoms with Crippen LogP contribution in [0.3, 0.4) is 0 Å². The number of rotatable bonds is 8. The van der Waals surface area contributed by atoms with Gasteiger partial charge < -0.3 is 5.32 Å². The van der Waals surface area contributed by atoms with Crippen molar-refractivity contribution in [3.8, 4) is 0 Å². The number of hydrogen-bond donors (Lipinski definition) is 1. The average Bonchev–Trinajstić information content (AvgIpc) is 2.17. The lowest BCUT2D eigenvalue weighted by Crippen LogP contribution is -2.44. The predicted molar refractivity (Wildman–Crippen MR) is 68.2 cm³/mol. The lowest BCUT2D eigenvalue weighted by Gasteiger charge is -2.32. The molecule has 2 nitrogen and oxygen atoms in total. The average molecular weight is 218 g/mol. The molecule has 0 aromatic carbocycles. The third-order valence-corrected chi connectivity index (χ3v) is 3.56. The fourth-order valence-electron chi connectivity index (χ4n) is 1.74. The molecule has 1 N–H and O–H groups in total. The van der Waals surface area contributed by atoms with Crippen LogP contribution in [0.15, 0.2) is 0 Å². The summed E-state index contributed by atoms with van der Waals surface area (Å²) in [4.78, 5) is 2.51. The molecule has 0 saturated heterocycles. The Morgan fingerprint density at radius 3 is 2.50 bits per heavy atom. The molecule has 0 rings (SSSR count). The molecule has 0 heterocycles. The number of nitrogens with one attached hydrogen (secondary N) is 1. The van der Waals surface area contributed by atoms with Crippen molar-refractivity contribution in [1.29, 1.82) is 0 Å². The topological polar surface area (TPSA) is 15.3 Å². The molecule has 0 bridgehead atoms. The van der Waals surface area contributed by atoms with Crippen LogP contribution < -0.4 is 5.32 Å². The van der Waals surface area contributed by atoms with E-state index in [1.54, 1.807) is 0 Å². The Balaban J connectivity index is 4.03. The fraction of sp³-hybridized carbons (Fsp3) is 1.00. The SMILES string of the molecule is CCCC(CNC)N(C)C(C)CSC. The van der Waals surface area contributed by atoms with Gasteiger partial charge in [0.2, 0.25) is 0 Å². The van der Waals surface area contributed by atoms with E-state index in [2.05, 4.69) is 37.4 Å². The van der Waals surface area contributed by atoms with Gasteiger partial charge >= 0.3 is 0 Å². The standard InChI is InChI=1S/C11H26N2S/c1-6-7-11(8-12-3)13(4)10(2)9-14-5/h10-12H,6-9H2,1-5H3. The zero-order valence-electron chi connectivity index (χ0n) is 10.3. The minimum absolute atomic E-state index is 0.676. The Morgan fingerprint density at radius 1 is 1.43 bits per heavy atom. The number of hydrogen-bond acceptors (Lipinski definition) is 3. The van der Waals surface area contributed by atoms with E-state index in [9.17, 15) is 0 Å². The van der Waals surface area contributed by atoms with Gasteiger partial charge in [-0.1, -0.05) is 13.3 Å². The van der Waals surface area contributed by atoms with Crippen LogP contribution in [-0.4, -0.2) is 49.6 Å². The highest BCUT2D eigenvalue weighted by Gasteiger charge is 2.17. The Hall–Kier alpha value is 0.270. The van der Waals surface area contributed by atoms with Gasteiger partial charge in [0.1, 0.15) is 0 Å². The Labute approximate surface area is 93.8 Å². The van der Waals surface area contributed by atoms with Crippen molar-refractivity contribution in [2.24, 2.45) is 0 Å². The van der Waals surface area contributed by atoms with E-state index in [-0.39, 0.29) is 0 Å². The van der Waals surface area contributed by atoms with Gasteiger partial charge in [0.25, 0.3) is 0 Å². The molecule has 0 aromatic heterocycles. The fourth-order valence-corrected chi connectivity index (χ4v) is 2.45. The summed E-state index contributed by atoms with van der Waals surface area (Å²) in [6.07, 6.45) is 4.73. The molecule has 0 fully saturated rings. The predicted octanol–water partition coefficient (Wildman–Crippen LogP) is 2.06. The molecular weight excluding hydrogens is 192 g/mol. The van der Waals surface area contributed by atoms with Crippen molar-refractivity contribution in [3.05, 3.63) is 0 Å². The molecule has 0 aromatic rings. The lowest BCUT2D eigenvalue weighted by molar-refractivity contribution is 0.185. The van der Waals surface area contributed by atoms with E-state index in [1.165, 1.54) is 18.6 Å². The highest BCUT2D eigenvalue weighted by atomic mass is 32.2. The van der Waals surface area contributed by atoms with Gasteiger partial charge in [0.15, 0.2) is 0 Å². The summed E-state index contributed by atoms with van der Waals surface area (Å²) in [5.74, 6) is 1.22. The zero-order chi connectivity index (χ0) is 11.0. The Morgan fingerprint density at radius 2 is 2.07 bits per heavy atom. The first-order valence-corrected chi connectivity index (χ1v) is 6.92. The van der Waals surface area contributed by atoms with Crippen LogP contribution in [0.2, 0.25) is 0 Å². The second kappa shape index (κ2) is 8.57. The molecule has 0 radical (unpaired) electrons. The highest BCUT2D eigenvalue weighted by molar-refractivity contribution is 7.98. The normalized spacial score (nSPS) is 15.9. The zero-order valence-corrected chi connectivity index (χ0v) is 11.2. The number of thioether (sulfide) groups is 1. The number of nitrogens with zero attached hydrogens (tertiary/aromatic N) is 1. The molecule has 0 aliphatic carbocycles. The lowest BCUT2D eigenvalue weighted by atomic mass is 10.1. The van der Waals surface area contributed by atoms with E-state index in [0.29, 0.717) is 12.1 Å². The van der Waals surface area contributed by atoms with Gasteiger partial charge in [0, 0.05) is 24.4 Å². The third kappa shape index (κ3) is 5.23. The quantitative estimate of drug-likeness (QED) is 0.671. The third-order valence-electron chi connectivity index (χ3n) is 2.74. The number of likely N-dealkylation sites (N-methyl/N-ethyl adjacent to an activating group) is 2. The van der Waals surface area contributed by atoms with Crippen LogP contribution in [0.25, 0.3) is 0 Å². The first kappa shape index (κ1) is 14.3. The van der Waals surface area contributed by atoms with Crippen molar-refractivity contribution in [2.45, 2.75) is 38.8 Å². The molecule has 2 unspecified atom stereocenters. The van der Waals surface area contributed by atoms with Crippen molar-refractivity contribution in [3.63, 3.8) is 0 Å². The maximum Gasteiger partial charge on any atom is 0.0220 e. The van der Waals surface area contributed by atoms with E-state index in [0.717, 1.165) is 6.54 Å². The molecule has 2 atom stereocenters. The second-order valence-electron chi connectivity index (χ2n) is 3.97. The molecule has 14 heavy (non-hydrogen) atoms. The smallest absolute Gasteiger partial charge is 0.0220 e. The largest absolute Gasteiger partial charge is 0.318 e. The summed E-state index contributed by atoms with van der Waals surface area (Å²) in [5.41, 5.74) is 0. The van der Waals surface area contributed by atoms with Crippen LogP contribution in [0.1, 0.15) is 26.7 Å². The van der Waals surface area contributed by atoms with E-state index >= 15 is 0 Å². The van der Waals surface area contributed by atoms with E-state index in [4.69, 9.17) is 0 Å². The Bertz CT molecular complexity index is 124. The summed E-state index contributed by atoms with van der Waals surface area (Å²) in [6, 6.07) is 1.36. The molecule has 86 valence electrons. The van der Waals surface area contributed by atoms with Crippen molar-refractivity contribution in [2.75, 3.05) is 32.6 Å². The summed E-state index contributed by atoms with van der Waals surface area (Å²) in [6.45, 7) is 5.67. The van der Waals surface area contributed by atoms with Gasteiger partial charge in [-0.15, -0.1) is 0 Å². The van der Waals surface area contributed by atoms with Crippen molar-refractivity contribution < 1.29 is 0 Å². The summed E-state index contributed by atoms with van der Waals surface area (Å²) in [7, 11) is 4.29.